The highest BCUT2D eigenvalue weighted by atomic mass is 16.2. The van der Waals surface area contributed by atoms with Gasteiger partial charge in [0.05, 0.1) is 18.3 Å². The summed E-state index contributed by atoms with van der Waals surface area (Å²) in [5.74, 6) is -0.0238. The molecular weight excluding hydrogens is 392 g/mol. The number of rotatable bonds is 9. The highest BCUT2D eigenvalue weighted by Crippen LogP contribution is 2.30. The molecule has 0 bridgehead atoms. The molecule has 3 aromatic rings. The summed E-state index contributed by atoms with van der Waals surface area (Å²) in [5, 5.41) is 7.51. The third kappa shape index (κ3) is 5.16. The molecular formula is C23H26N6O2. The van der Waals surface area contributed by atoms with Crippen molar-refractivity contribution in [3.63, 3.8) is 0 Å². The standard InChI is InChI=1S/C23H26N6O2/c1-28-22(14-19(27-28)17-9-11-25-12-10-17)26-23(31)20(13-16-5-3-2-4-6-16)29(15-21(24)30)18-7-8-18/h2-6,9-12,14,18,20H,7-8,13,15H2,1H3,(H2,24,30)(H,26,31)/t20-/m0/s1. The van der Waals surface area contributed by atoms with Gasteiger partial charge in [0, 0.05) is 37.1 Å². The number of benzene rings is 1. The van der Waals surface area contributed by atoms with E-state index in [1.54, 1.807) is 24.1 Å². The van der Waals surface area contributed by atoms with Gasteiger partial charge < -0.3 is 11.1 Å². The number of primary amides is 1. The van der Waals surface area contributed by atoms with Crippen LogP contribution >= 0.6 is 0 Å². The second kappa shape index (κ2) is 9.09. The number of nitrogens with two attached hydrogens (primary N) is 1. The molecule has 2 heterocycles. The third-order valence-corrected chi connectivity index (χ3v) is 5.44. The maximum absolute atomic E-state index is 13.4. The van der Waals surface area contributed by atoms with Crippen LogP contribution in [0.2, 0.25) is 0 Å². The van der Waals surface area contributed by atoms with Gasteiger partial charge in [-0.25, -0.2) is 0 Å². The van der Waals surface area contributed by atoms with Crippen LogP contribution in [0.5, 0.6) is 0 Å². The quantitative estimate of drug-likeness (QED) is 0.553. The summed E-state index contributed by atoms with van der Waals surface area (Å²) in [7, 11) is 1.79. The molecule has 4 rings (SSSR count). The van der Waals surface area contributed by atoms with E-state index in [1.165, 1.54) is 0 Å². The molecule has 1 saturated carbocycles. The van der Waals surface area contributed by atoms with Crippen LogP contribution in [0.25, 0.3) is 11.3 Å². The highest BCUT2D eigenvalue weighted by Gasteiger charge is 2.38. The highest BCUT2D eigenvalue weighted by molar-refractivity contribution is 5.95. The van der Waals surface area contributed by atoms with Gasteiger partial charge in [-0.05, 0) is 37.0 Å². The summed E-state index contributed by atoms with van der Waals surface area (Å²) in [6.07, 6.45) is 5.82. The summed E-state index contributed by atoms with van der Waals surface area (Å²) in [6.45, 7) is 0.0588. The Morgan fingerprint density at radius 2 is 1.90 bits per heavy atom. The Hall–Kier alpha value is -3.52. The Labute approximate surface area is 181 Å². The number of hydrogen-bond donors (Lipinski definition) is 2. The lowest BCUT2D eigenvalue weighted by Gasteiger charge is -2.30. The van der Waals surface area contributed by atoms with Crippen LogP contribution in [0.3, 0.4) is 0 Å². The molecule has 160 valence electrons. The van der Waals surface area contributed by atoms with Crippen LogP contribution in [0.4, 0.5) is 5.82 Å². The fourth-order valence-electron chi connectivity index (χ4n) is 3.74. The fraction of sp³-hybridized carbons (Fsp3) is 0.304. The van der Waals surface area contributed by atoms with Crippen LogP contribution in [0, 0.1) is 0 Å². The third-order valence-electron chi connectivity index (χ3n) is 5.44. The maximum Gasteiger partial charge on any atom is 0.243 e. The Morgan fingerprint density at radius 1 is 1.19 bits per heavy atom. The van der Waals surface area contributed by atoms with Crippen LogP contribution < -0.4 is 11.1 Å². The van der Waals surface area contributed by atoms with Gasteiger partial charge in [0.25, 0.3) is 0 Å². The minimum Gasteiger partial charge on any atom is -0.369 e. The second-order valence-electron chi connectivity index (χ2n) is 7.84. The van der Waals surface area contributed by atoms with Crippen LogP contribution in [0.15, 0.2) is 60.9 Å². The summed E-state index contributed by atoms with van der Waals surface area (Å²) in [4.78, 5) is 31.1. The van der Waals surface area contributed by atoms with Gasteiger partial charge in [0.1, 0.15) is 5.82 Å². The lowest BCUT2D eigenvalue weighted by molar-refractivity contribution is -0.124. The molecule has 0 aliphatic heterocycles. The summed E-state index contributed by atoms with van der Waals surface area (Å²) >= 11 is 0. The molecule has 1 aliphatic rings. The molecule has 2 amide bonds. The topological polar surface area (TPSA) is 106 Å². The first-order valence-electron chi connectivity index (χ1n) is 10.3. The molecule has 0 spiro atoms. The normalized spacial score (nSPS) is 14.4. The number of anilines is 1. The van der Waals surface area contributed by atoms with Gasteiger partial charge in [-0.1, -0.05) is 30.3 Å². The molecule has 0 radical (unpaired) electrons. The fourth-order valence-corrected chi connectivity index (χ4v) is 3.74. The Kier molecular flexibility index (Phi) is 6.08. The van der Waals surface area contributed by atoms with E-state index < -0.39 is 11.9 Å². The molecule has 3 N–H and O–H groups in total. The predicted octanol–water partition coefficient (Wildman–Crippen LogP) is 1.98. The zero-order chi connectivity index (χ0) is 21.8. The van der Waals surface area contributed by atoms with Crippen molar-refractivity contribution in [3.8, 4) is 11.3 Å². The average molecular weight is 419 g/mol. The second-order valence-corrected chi connectivity index (χ2v) is 7.84. The number of hydrogen-bond acceptors (Lipinski definition) is 5. The largest absolute Gasteiger partial charge is 0.369 e. The number of nitrogens with one attached hydrogen (secondary N) is 1. The van der Waals surface area contributed by atoms with Crippen LogP contribution in [-0.2, 0) is 23.1 Å². The number of carbonyl (C=O) groups is 2. The van der Waals surface area contributed by atoms with E-state index in [0.717, 1.165) is 29.7 Å². The molecule has 1 aromatic carbocycles. The van der Waals surface area contributed by atoms with Crippen LogP contribution in [-0.4, -0.2) is 50.1 Å². The molecule has 1 fully saturated rings. The maximum atomic E-state index is 13.4. The van der Waals surface area contributed by atoms with E-state index in [0.29, 0.717) is 12.2 Å². The molecule has 1 atom stereocenters. The lowest BCUT2D eigenvalue weighted by Crippen LogP contribution is -2.50. The van der Waals surface area contributed by atoms with Gasteiger partial charge in [-0.2, -0.15) is 5.10 Å². The number of aromatic nitrogens is 3. The number of pyridine rings is 1. The number of nitrogens with zero attached hydrogens (tertiary/aromatic N) is 4. The van der Waals surface area contributed by atoms with Crippen molar-refractivity contribution in [1.82, 2.24) is 19.7 Å². The molecule has 8 nitrogen and oxygen atoms in total. The molecule has 0 saturated heterocycles. The summed E-state index contributed by atoms with van der Waals surface area (Å²) in [5.41, 5.74) is 8.19. The average Bonchev–Trinajstić information content (AvgIpc) is 3.55. The summed E-state index contributed by atoms with van der Waals surface area (Å²) in [6, 6.07) is 15.1. The SMILES string of the molecule is Cn1nc(-c2ccncc2)cc1NC(=O)[C@H](Cc1ccccc1)N(CC(N)=O)C1CC1. The molecule has 1 aliphatic carbocycles. The van der Waals surface area contributed by atoms with Crippen molar-refractivity contribution in [2.24, 2.45) is 12.8 Å². The Morgan fingerprint density at radius 3 is 2.55 bits per heavy atom. The van der Waals surface area contributed by atoms with E-state index in [1.807, 2.05) is 53.4 Å². The van der Waals surface area contributed by atoms with Crippen molar-refractivity contribution in [2.75, 3.05) is 11.9 Å². The first-order valence-corrected chi connectivity index (χ1v) is 10.3. The number of carbonyl (C=O) groups excluding carboxylic acids is 2. The van der Waals surface area contributed by atoms with E-state index in [2.05, 4.69) is 15.4 Å². The zero-order valence-corrected chi connectivity index (χ0v) is 17.4. The van der Waals surface area contributed by atoms with Gasteiger partial charge in [0.15, 0.2) is 0 Å². The van der Waals surface area contributed by atoms with Crippen molar-refractivity contribution in [1.29, 1.82) is 0 Å². The van der Waals surface area contributed by atoms with Crippen molar-refractivity contribution < 1.29 is 9.59 Å². The lowest BCUT2D eigenvalue weighted by atomic mass is 10.0. The number of amides is 2. The van der Waals surface area contributed by atoms with Gasteiger partial charge in [-0.15, -0.1) is 0 Å². The first-order chi connectivity index (χ1) is 15.0. The van der Waals surface area contributed by atoms with Crippen molar-refractivity contribution in [2.45, 2.75) is 31.3 Å². The van der Waals surface area contributed by atoms with E-state index in [4.69, 9.17) is 5.73 Å². The Bertz CT molecular complexity index is 1050. The van der Waals surface area contributed by atoms with E-state index in [-0.39, 0.29) is 18.5 Å². The summed E-state index contributed by atoms with van der Waals surface area (Å²) < 4.78 is 1.64. The zero-order valence-electron chi connectivity index (χ0n) is 17.4. The Balaban J connectivity index is 1.58. The first kappa shape index (κ1) is 20.7. The van der Waals surface area contributed by atoms with E-state index >= 15 is 0 Å². The molecule has 0 unspecified atom stereocenters. The smallest absolute Gasteiger partial charge is 0.243 e. The molecule has 31 heavy (non-hydrogen) atoms. The van der Waals surface area contributed by atoms with Gasteiger partial charge in [-0.3, -0.25) is 24.2 Å². The molecule has 2 aromatic heterocycles. The predicted molar refractivity (Wildman–Crippen MR) is 118 cm³/mol. The van der Waals surface area contributed by atoms with Gasteiger partial charge >= 0.3 is 0 Å². The van der Waals surface area contributed by atoms with Crippen LogP contribution in [0.1, 0.15) is 18.4 Å². The van der Waals surface area contributed by atoms with Crippen molar-refractivity contribution in [3.05, 3.63) is 66.5 Å². The van der Waals surface area contributed by atoms with E-state index in [9.17, 15) is 9.59 Å². The van der Waals surface area contributed by atoms with Crippen molar-refractivity contribution >= 4 is 17.6 Å². The number of aryl methyl sites for hydroxylation is 1. The minimum atomic E-state index is -0.512. The van der Waals surface area contributed by atoms with Gasteiger partial charge in [0.2, 0.25) is 11.8 Å². The minimum absolute atomic E-state index is 0.0588. The molecule has 8 heteroatoms. The monoisotopic (exact) mass is 418 g/mol.